The molecule has 1 spiro atoms. The van der Waals surface area contributed by atoms with Gasteiger partial charge in [-0.3, -0.25) is 0 Å². The molecule has 0 unspecified atom stereocenters. The summed E-state index contributed by atoms with van der Waals surface area (Å²) in [6.07, 6.45) is 3.97. The number of aryl methyl sites for hydroxylation is 1. The molecule has 1 aromatic rings. The number of rotatable bonds is 2. The van der Waals surface area contributed by atoms with E-state index >= 15 is 0 Å². The first-order chi connectivity index (χ1) is 9.71. The Morgan fingerprint density at radius 2 is 1.95 bits per heavy atom. The quantitative estimate of drug-likeness (QED) is 0.899. The summed E-state index contributed by atoms with van der Waals surface area (Å²) in [5.41, 5.74) is 2.95. The van der Waals surface area contributed by atoms with E-state index in [1.165, 1.54) is 5.56 Å². The maximum Gasteiger partial charge on any atom is 0.168 e. The number of nitrogens with zero attached hydrogens (tertiary/aromatic N) is 1. The molecule has 0 radical (unpaired) electrons. The van der Waals surface area contributed by atoms with Gasteiger partial charge in [-0.2, -0.15) is 5.26 Å². The van der Waals surface area contributed by atoms with Gasteiger partial charge >= 0.3 is 0 Å². The summed E-state index contributed by atoms with van der Waals surface area (Å²) in [7, 11) is 0. The molecule has 0 atom stereocenters. The van der Waals surface area contributed by atoms with Crippen LogP contribution in [0.3, 0.4) is 0 Å². The van der Waals surface area contributed by atoms with Gasteiger partial charge in [0.25, 0.3) is 0 Å². The molecule has 1 aromatic carbocycles. The van der Waals surface area contributed by atoms with Gasteiger partial charge in [0.1, 0.15) is 0 Å². The number of hydrogen-bond acceptors (Lipinski definition) is 4. The third-order valence-corrected chi connectivity index (χ3v) is 4.29. The SMILES string of the molecule is Cc1ccc(C#N)cc1NC1CCC2(CC1)OCCO2. The Balaban J connectivity index is 1.63. The van der Waals surface area contributed by atoms with E-state index in [1.54, 1.807) is 0 Å². The molecule has 20 heavy (non-hydrogen) atoms. The predicted molar refractivity (Wildman–Crippen MR) is 76.4 cm³/mol. The molecule has 1 N–H and O–H groups in total. The van der Waals surface area contributed by atoms with Crippen LogP contribution in [-0.4, -0.2) is 25.0 Å². The molecule has 106 valence electrons. The fourth-order valence-corrected chi connectivity index (χ4v) is 3.05. The summed E-state index contributed by atoms with van der Waals surface area (Å²) >= 11 is 0. The Kier molecular flexibility index (Phi) is 3.64. The van der Waals surface area contributed by atoms with E-state index < -0.39 is 0 Å². The van der Waals surface area contributed by atoms with Crippen molar-refractivity contribution in [2.24, 2.45) is 0 Å². The lowest BCUT2D eigenvalue weighted by Crippen LogP contribution is -2.39. The maximum absolute atomic E-state index is 8.99. The smallest absolute Gasteiger partial charge is 0.168 e. The van der Waals surface area contributed by atoms with E-state index in [4.69, 9.17) is 14.7 Å². The highest BCUT2D eigenvalue weighted by molar-refractivity contribution is 5.55. The minimum absolute atomic E-state index is 0.304. The molecule has 1 heterocycles. The van der Waals surface area contributed by atoms with Crippen molar-refractivity contribution in [2.45, 2.75) is 44.4 Å². The average molecular weight is 272 g/mol. The van der Waals surface area contributed by atoms with Crippen LogP contribution < -0.4 is 5.32 Å². The van der Waals surface area contributed by atoms with Crippen molar-refractivity contribution in [2.75, 3.05) is 18.5 Å². The van der Waals surface area contributed by atoms with Crippen LogP contribution in [0, 0.1) is 18.3 Å². The molecule has 1 saturated heterocycles. The lowest BCUT2D eigenvalue weighted by atomic mass is 9.89. The summed E-state index contributed by atoms with van der Waals surface area (Å²) in [4.78, 5) is 0. The van der Waals surface area contributed by atoms with E-state index in [0.717, 1.165) is 44.6 Å². The third-order valence-electron chi connectivity index (χ3n) is 4.29. The van der Waals surface area contributed by atoms with Crippen LogP contribution in [-0.2, 0) is 9.47 Å². The van der Waals surface area contributed by atoms with Gasteiger partial charge in [0.2, 0.25) is 0 Å². The Labute approximate surface area is 119 Å². The molecule has 0 amide bonds. The number of ether oxygens (including phenoxy) is 2. The van der Waals surface area contributed by atoms with Crippen molar-refractivity contribution < 1.29 is 9.47 Å². The number of anilines is 1. The number of nitriles is 1. The normalized spacial score (nSPS) is 21.8. The number of hydrogen-bond donors (Lipinski definition) is 1. The van der Waals surface area contributed by atoms with Gasteiger partial charge in [0.05, 0.1) is 24.8 Å². The van der Waals surface area contributed by atoms with Gasteiger partial charge in [-0.05, 0) is 37.5 Å². The zero-order valence-corrected chi connectivity index (χ0v) is 11.8. The molecule has 4 nitrogen and oxygen atoms in total. The van der Waals surface area contributed by atoms with Crippen molar-refractivity contribution >= 4 is 5.69 Å². The molecule has 0 bridgehead atoms. The summed E-state index contributed by atoms with van der Waals surface area (Å²) < 4.78 is 11.5. The zero-order valence-electron chi connectivity index (χ0n) is 11.8. The largest absolute Gasteiger partial charge is 0.382 e. The minimum Gasteiger partial charge on any atom is -0.382 e. The van der Waals surface area contributed by atoms with Crippen molar-refractivity contribution in [1.82, 2.24) is 0 Å². The van der Waals surface area contributed by atoms with E-state index in [2.05, 4.69) is 18.3 Å². The molecular weight excluding hydrogens is 252 g/mol. The maximum atomic E-state index is 8.99. The zero-order chi connectivity index (χ0) is 14.0. The minimum atomic E-state index is -0.304. The van der Waals surface area contributed by atoms with Crippen LogP contribution in [0.4, 0.5) is 5.69 Å². The van der Waals surface area contributed by atoms with Gasteiger partial charge in [-0.15, -0.1) is 0 Å². The molecule has 2 aliphatic rings. The molecule has 3 rings (SSSR count). The Morgan fingerprint density at radius 1 is 1.25 bits per heavy atom. The Morgan fingerprint density at radius 3 is 2.60 bits per heavy atom. The van der Waals surface area contributed by atoms with Crippen molar-refractivity contribution in [3.8, 4) is 6.07 Å². The van der Waals surface area contributed by atoms with Crippen LogP contribution in [0.2, 0.25) is 0 Å². The average Bonchev–Trinajstić information content (AvgIpc) is 2.92. The highest BCUT2D eigenvalue weighted by Crippen LogP contribution is 2.36. The Bertz CT molecular complexity index is 520. The lowest BCUT2D eigenvalue weighted by Gasteiger charge is -2.36. The second kappa shape index (κ2) is 5.43. The molecule has 1 aliphatic heterocycles. The van der Waals surface area contributed by atoms with Crippen LogP contribution in [0.1, 0.15) is 36.8 Å². The molecule has 0 aromatic heterocycles. The van der Waals surface area contributed by atoms with E-state index in [0.29, 0.717) is 11.6 Å². The molecular formula is C16H20N2O2. The van der Waals surface area contributed by atoms with Gasteiger partial charge in [-0.1, -0.05) is 6.07 Å². The van der Waals surface area contributed by atoms with Crippen molar-refractivity contribution in [1.29, 1.82) is 5.26 Å². The fourth-order valence-electron chi connectivity index (χ4n) is 3.05. The van der Waals surface area contributed by atoms with Crippen LogP contribution in [0.5, 0.6) is 0 Å². The summed E-state index contributed by atoms with van der Waals surface area (Å²) in [5.74, 6) is -0.304. The van der Waals surface area contributed by atoms with E-state index in [9.17, 15) is 0 Å². The van der Waals surface area contributed by atoms with Crippen molar-refractivity contribution in [3.63, 3.8) is 0 Å². The van der Waals surface area contributed by atoms with Gasteiger partial charge in [0.15, 0.2) is 5.79 Å². The highest BCUT2D eigenvalue weighted by Gasteiger charge is 2.40. The van der Waals surface area contributed by atoms with Gasteiger partial charge in [-0.25, -0.2) is 0 Å². The first kappa shape index (κ1) is 13.4. The van der Waals surface area contributed by atoms with Gasteiger partial charge in [0, 0.05) is 24.6 Å². The fraction of sp³-hybridized carbons (Fsp3) is 0.562. The monoisotopic (exact) mass is 272 g/mol. The van der Waals surface area contributed by atoms with Crippen LogP contribution in [0.25, 0.3) is 0 Å². The Hall–Kier alpha value is -1.57. The first-order valence-corrected chi connectivity index (χ1v) is 7.26. The van der Waals surface area contributed by atoms with Crippen LogP contribution in [0.15, 0.2) is 18.2 Å². The summed E-state index contributed by atoms with van der Waals surface area (Å²) in [5, 5.41) is 12.6. The second-order valence-electron chi connectivity index (χ2n) is 5.67. The number of benzene rings is 1. The molecule has 1 aliphatic carbocycles. The third kappa shape index (κ3) is 2.65. The highest BCUT2D eigenvalue weighted by atomic mass is 16.7. The molecule has 2 fully saturated rings. The van der Waals surface area contributed by atoms with E-state index in [1.807, 2.05) is 18.2 Å². The van der Waals surface area contributed by atoms with Crippen molar-refractivity contribution in [3.05, 3.63) is 29.3 Å². The standard InChI is InChI=1S/C16H20N2O2/c1-12-2-3-13(11-17)10-15(12)18-14-4-6-16(7-5-14)19-8-9-20-16/h2-3,10,14,18H,4-9H2,1H3. The molecule has 1 saturated carbocycles. The predicted octanol–water partition coefficient (Wildman–Crippen LogP) is 2.96. The first-order valence-electron chi connectivity index (χ1n) is 7.26. The second-order valence-corrected chi connectivity index (χ2v) is 5.67. The number of nitrogens with one attached hydrogen (secondary N) is 1. The molecule has 4 heteroatoms. The lowest BCUT2D eigenvalue weighted by molar-refractivity contribution is -0.177. The summed E-state index contributed by atoms with van der Waals surface area (Å²) in [6, 6.07) is 8.41. The van der Waals surface area contributed by atoms with E-state index in [-0.39, 0.29) is 5.79 Å². The van der Waals surface area contributed by atoms with Crippen LogP contribution >= 0.6 is 0 Å². The van der Waals surface area contributed by atoms with Gasteiger partial charge < -0.3 is 14.8 Å². The topological polar surface area (TPSA) is 54.3 Å². The summed E-state index contributed by atoms with van der Waals surface area (Å²) in [6.45, 7) is 3.51.